The number of amides is 1. The monoisotopic (exact) mass is 307 g/mol. The predicted molar refractivity (Wildman–Crippen MR) is 79.1 cm³/mol. The highest BCUT2D eigenvalue weighted by molar-refractivity contribution is 5.85. The molecule has 1 amide bonds. The third kappa shape index (κ3) is 2.82. The van der Waals surface area contributed by atoms with Gasteiger partial charge in [0.05, 0.1) is 12.1 Å². The van der Waals surface area contributed by atoms with Crippen molar-refractivity contribution in [1.29, 1.82) is 0 Å². The minimum atomic E-state index is -0.572. The summed E-state index contributed by atoms with van der Waals surface area (Å²) in [6.45, 7) is 0. The molecule has 1 aromatic carbocycles. The Hall–Kier alpha value is -1.98. The molecule has 4 nitrogen and oxygen atoms in total. The Morgan fingerprint density at radius 3 is 2.45 bits per heavy atom. The molecule has 0 aromatic heterocycles. The molecule has 0 spiro atoms. The second kappa shape index (κ2) is 6.02. The molecule has 1 atom stereocenters. The van der Waals surface area contributed by atoms with E-state index in [9.17, 15) is 13.6 Å². The van der Waals surface area contributed by atoms with Gasteiger partial charge in [0.25, 0.3) is 0 Å². The number of carbonyl (C=O) groups is 1. The van der Waals surface area contributed by atoms with Crippen LogP contribution in [-0.4, -0.2) is 35.2 Å². The highest BCUT2D eigenvalue weighted by Crippen LogP contribution is 2.33. The maximum absolute atomic E-state index is 13.4. The second-order valence-corrected chi connectivity index (χ2v) is 5.95. The highest BCUT2D eigenvalue weighted by atomic mass is 19.1. The lowest BCUT2D eigenvalue weighted by atomic mass is 9.93. The zero-order valence-electron chi connectivity index (χ0n) is 12.5. The Bertz CT molecular complexity index is 581. The molecule has 6 heteroatoms. The van der Waals surface area contributed by atoms with Gasteiger partial charge < -0.3 is 4.90 Å². The molecule has 2 fully saturated rings. The van der Waals surface area contributed by atoms with Crippen molar-refractivity contribution in [3.8, 4) is 0 Å². The molecule has 1 aromatic rings. The molecule has 1 unspecified atom stereocenters. The van der Waals surface area contributed by atoms with E-state index < -0.39 is 11.6 Å². The summed E-state index contributed by atoms with van der Waals surface area (Å²) in [6, 6.07) is 3.67. The van der Waals surface area contributed by atoms with Crippen molar-refractivity contribution >= 4 is 12.2 Å². The number of benzene rings is 1. The summed E-state index contributed by atoms with van der Waals surface area (Å²) in [5, 5.41) is 5.93. The van der Waals surface area contributed by atoms with E-state index in [0.29, 0.717) is 12.0 Å². The summed E-state index contributed by atoms with van der Waals surface area (Å²) in [7, 11) is 1.85. The molecule has 1 heterocycles. The molecule has 1 saturated heterocycles. The van der Waals surface area contributed by atoms with Gasteiger partial charge in [0.2, 0.25) is 6.41 Å². The molecular formula is C16H19F2N3O. The molecule has 22 heavy (non-hydrogen) atoms. The van der Waals surface area contributed by atoms with Crippen LogP contribution in [0.1, 0.15) is 43.7 Å². The van der Waals surface area contributed by atoms with Crippen LogP contribution in [-0.2, 0) is 4.79 Å². The average Bonchev–Trinajstić information content (AvgIpc) is 2.76. The third-order valence-corrected chi connectivity index (χ3v) is 4.57. The topological polar surface area (TPSA) is 35.9 Å². The average molecular weight is 307 g/mol. The van der Waals surface area contributed by atoms with Crippen molar-refractivity contribution < 1.29 is 13.6 Å². The number of rotatable bonds is 4. The number of amidine groups is 1. The highest BCUT2D eigenvalue weighted by Gasteiger charge is 2.31. The Labute approximate surface area is 128 Å². The number of hydrogen-bond acceptors (Lipinski definition) is 2. The first kappa shape index (κ1) is 14.9. The minimum Gasteiger partial charge on any atom is -0.355 e. The Morgan fingerprint density at radius 2 is 1.91 bits per heavy atom. The van der Waals surface area contributed by atoms with Crippen LogP contribution in [0.4, 0.5) is 8.78 Å². The normalized spacial score (nSPS) is 23.7. The molecule has 1 aliphatic carbocycles. The van der Waals surface area contributed by atoms with Gasteiger partial charge in [0, 0.05) is 19.5 Å². The summed E-state index contributed by atoms with van der Waals surface area (Å²) < 4.78 is 26.8. The van der Waals surface area contributed by atoms with Crippen LogP contribution in [0.3, 0.4) is 0 Å². The van der Waals surface area contributed by atoms with Gasteiger partial charge in [-0.1, -0.05) is 0 Å². The van der Waals surface area contributed by atoms with Crippen LogP contribution in [0, 0.1) is 11.6 Å². The Balaban J connectivity index is 1.78. The summed E-state index contributed by atoms with van der Waals surface area (Å²) in [4.78, 5) is 13.1. The van der Waals surface area contributed by atoms with E-state index in [1.54, 1.807) is 0 Å². The number of hydrogen-bond donors (Lipinski definition) is 0. The van der Waals surface area contributed by atoms with Crippen molar-refractivity contribution in [2.24, 2.45) is 5.10 Å². The van der Waals surface area contributed by atoms with Crippen LogP contribution in [0.25, 0.3) is 0 Å². The molecular weight excluding hydrogens is 288 g/mol. The van der Waals surface area contributed by atoms with Crippen molar-refractivity contribution in [2.45, 2.75) is 44.2 Å². The van der Waals surface area contributed by atoms with E-state index in [4.69, 9.17) is 0 Å². The van der Waals surface area contributed by atoms with Crippen LogP contribution >= 0.6 is 0 Å². The van der Waals surface area contributed by atoms with Crippen molar-refractivity contribution in [3.05, 3.63) is 35.4 Å². The molecule has 3 rings (SSSR count). The SMILES string of the molecule is CN1/C(=N\N(C=O)C2CCC2)CCC1c1cc(F)cc(F)c1. The van der Waals surface area contributed by atoms with Crippen LogP contribution < -0.4 is 0 Å². The lowest BCUT2D eigenvalue weighted by molar-refractivity contribution is -0.121. The summed E-state index contributed by atoms with van der Waals surface area (Å²) in [6.07, 6.45) is 5.28. The zero-order chi connectivity index (χ0) is 15.7. The van der Waals surface area contributed by atoms with Gasteiger partial charge in [-0.25, -0.2) is 13.8 Å². The maximum atomic E-state index is 13.4. The first-order chi connectivity index (χ1) is 10.6. The quantitative estimate of drug-likeness (QED) is 0.633. The van der Waals surface area contributed by atoms with Gasteiger partial charge in [-0.3, -0.25) is 4.79 Å². The number of likely N-dealkylation sites (tertiary alicyclic amines) is 1. The van der Waals surface area contributed by atoms with Crippen molar-refractivity contribution in [1.82, 2.24) is 9.91 Å². The predicted octanol–water partition coefficient (Wildman–Crippen LogP) is 3.06. The van der Waals surface area contributed by atoms with Crippen LogP contribution in [0.2, 0.25) is 0 Å². The second-order valence-electron chi connectivity index (χ2n) is 5.95. The maximum Gasteiger partial charge on any atom is 0.230 e. The lowest BCUT2D eigenvalue weighted by Crippen LogP contribution is -2.37. The minimum absolute atomic E-state index is 0.112. The molecule has 0 N–H and O–H groups in total. The fourth-order valence-corrected chi connectivity index (χ4v) is 3.07. The molecule has 0 radical (unpaired) electrons. The van der Waals surface area contributed by atoms with Gasteiger partial charge in [-0.15, -0.1) is 0 Å². The standard InChI is InChI=1S/C16H19F2N3O/c1-20-15(11-7-12(17)9-13(18)8-11)5-6-16(20)19-21(10-22)14-3-2-4-14/h7-10,14-15H,2-6H2,1H3/b19-16-. The molecule has 1 aliphatic heterocycles. The smallest absolute Gasteiger partial charge is 0.230 e. The Kier molecular flexibility index (Phi) is 4.09. The molecule has 1 saturated carbocycles. The fraction of sp³-hybridized carbons (Fsp3) is 0.500. The van der Waals surface area contributed by atoms with E-state index in [-0.39, 0.29) is 12.1 Å². The van der Waals surface area contributed by atoms with Crippen molar-refractivity contribution in [2.75, 3.05) is 7.05 Å². The fourth-order valence-electron chi connectivity index (χ4n) is 3.07. The number of halogens is 2. The van der Waals surface area contributed by atoms with E-state index in [0.717, 1.165) is 44.0 Å². The van der Waals surface area contributed by atoms with Gasteiger partial charge in [0.15, 0.2) is 0 Å². The van der Waals surface area contributed by atoms with E-state index in [1.807, 2.05) is 11.9 Å². The first-order valence-electron chi connectivity index (χ1n) is 7.58. The van der Waals surface area contributed by atoms with Gasteiger partial charge in [0.1, 0.15) is 17.5 Å². The first-order valence-corrected chi connectivity index (χ1v) is 7.58. The number of carbonyl (C=O) groups excluding carboxylic acids is 1. The summed E-state index contributed by atoms with van der Waals surface area (Å²) in [5.74, 6) is -0.357. The molecule has 0 bridgehead atoms. The number of hydrazone groups is 1. The van der Waals surface area contributed by atoms with E-state index >= 15 is 0 Å². The summed E-state index contributed by atoms with van der Waals surface area (Å²) in [5.41, 5.74) is 0.603. The molecule has 118 valence electrons. The van der Waals surface area contributed by atoms with Crippen LogP contribution in [0.15, 0.2) is 23.3 Å². The zero-order valence-corrected chi connectivity index (χ0v) is 12.5. The van der Waals surface area contributed by atoms with E-state index in [2.05, 4.69) is 5.10 Å². The van der Waals surface area contributed by atoms with Gasteiger partial charge >= 0.3 is 0 Å². The Morgan fingerprint density at radius 1 is 1.23 bits per heavy atom. The van der Waals surface area contributed by atoms with Gasteiger partial charge in [-0.2, -0.15) is 5.10 Å². The lowest BCUT2D eigenvalue weighted by Gasteiger charge is -2.32. The number of nitrogens with zero attached hydrogens (tertiary/aromatic N) is 3. The summed E-state index contributed by atoms with van der Waals surface area (Å²) >= 11 is 0. The third-order valence-electron chi connectivity index (χ3n) is 4.57. The largest absolute Gasteiger partial charge is 0.355 e. The van der Waals surface area contributed by atoms with Crippen LogP contribution in [0.5, 0.6) is 0 Å². The van der Waals surface area contributed by atoms with Crippen molar-refractivity contribution in [3.63, 3.8) is 0 Å². The van der Waals surface area contributed by atoms with E-state index in [1.165, 1.54) is 17.1 Å². The van der Waals surface area contributed by atoms with Gasteiger partial charge in [-0.05, 0) is 43.4 Å². The molecule has 2 aliphatic rings.